The van der Waals surface area contributed by atoms with Crippen molar-refractivity contribution < 1.29 is 18.7 Å². The zero-order valence-electron chi connectivity index (χ0n) is 21.6. The molecule has 0 aliphatic carbocycles. The molecule has 1 aliphatic rings. The summed E-state index contributed by atoms with van der Waals surface area (Å²) in [6.45, 7) is 12.2. The molecule has 35 heavy (non-hydrogen) atoms. The number of H-pyrrole nitrogens is 1. The molecule has 1 amide bonds. The van der Waals surface area contributed by atoms with E-state index in [-0.39, 0.29) is 18.0 Å². The second-order valence-electron chi connectivity index (χ2n) is 8.37. The molecule has 190 valence electrons. The first-order chi connectivity index (χ1) is 16.9. The number of anilines is 1. The Labute approximate surface area is 206 Å². The Kier molecular flexibility index (Phi) is 8.98. The largest absolute Gasteiger partial charge is 0.496 e. The molecular formula is C27H37N3O5. The number of pyridine rings is 1. The standard InChI is InChI=1S/C25H31N3O5.C2H6/c1-5-28(17-6-9-32-10-7-17)20-13-22-18(8-11-33-22)23(16(20)3)25(30)26-14-19-21(31-4)12-15(2)27-24(19)29;1-2/h8,11-13,17H,5-7,9-10,14H2,1-4H3,(H,26,30)(H,27,29);1-2H3. The van der Waals surface area contributed by atoms with Crippen LogP contribution < -0.4 is 20.5 Å². The first-order valence-corrected chi connectivity index (χ1v) is 12.3. The van der Waals surface area contributed by atoms with E-state index in [9.17, 15) is 9.59 Å². The van der Waals surface area contributed by atoms with Gasteiger partial charge in [-0.15, -0.1) is 0 Å². The van der Waals surface area contributed by atoms with E-state index >= 15 is 0 Å². The number of carbonyl (C=O) groups is 1. The Morgan fingerprint density at radius 2 is 1.94 bits per heavy atom. The van der Waals surface area contributed by atoms with Gasteiger partial charge < -0.3 is 29.1 Å². The molecule has 1 fully saturated rings. The van der Waals surface area contributed by atoms with Gasteiger partial charge in [-0.3, -0.25) is 9.59 Å². The van der Waals surface area contributed by atoms with Gasteiger partial charge in [-0.1, -0.05) is 13.8 Å². The molecular weight excluding hydrogens is 446 g/mol. The van der Waals surface area contributed by atoms with Gasteiger partial charge in [0.05, 0.1) is 31.0 Å². The average molecular weight is 484 g/mol. The van der Waals surface area contributed by atoms with Crippen LogP contribution >= 0.6 is 0 Å². The summed E-state index contributed by atoms with van der Waals surface area (Å²) in [5.41, 5.74) is 3.90. The Morgan fingerprint density at radius 3 is 2.60 bits per heavy atom. The summed E-state index contributed by atoms with van der Waals surface area (Å²) < 4.78 is 16.6. The summed E-state index contributed by atoms with van der Waals surface area (Å²) in [6.07, 6.45) is 3.49. The zero-order chi connectivity index (χ0) is 25.5. The van der Waals surface area contributed by atoms with Crippen molar-refractivity contribution in [2.75, 3.05) is 31.8 Å². The fraction of sp³-hybridized carbons (Fsp3) is 0.481. The van der Waals surface area contributed by atoms with Crippen LogP contribution in [0.25, 0.3) is 11.0 Å². The monoisotopic (exact) mass is 483 g/mol. The highest BCUT2D eigenvalue weighted by molar-refractivity contribution is 6.09. The van der Waals surface area contributed by atoms with Crippen molar-refractivity contribution in [1.29, 1.82) is 0 Å². The minimum atomic E-state index is -0.275. The molecule has 8 nitrogen and oxygen atoms in total. The van der Waals surface area contributed by atoms with Crippen molar-refractivity contribution in [1.82, 2.24) is 10.3 Å². The van der Waals surface area contributed by atoms with E-state index in [1.54, 1.807) is 19.3 Å². The lowest BCUT2D eigenvalue weighted by Gasteiger charge is -2.36. The Hall–Kier alpha value is -3.26. The molecule has 3 heterocycles. The average Bonchev–Trinajstić information content (AvgIpc) is 3.33. The maximum Gasteiger partial charge on any atom is 0.256 e. The maximum absolute atomic E-state index is 13.4. The predicted molar refractivity (Wildman–Crippen MR) is 139 cm³/mol. The molecule has 0 spiro atoms. The van der Waals surface area contributed by atoms with Crippen molar-refractivity contribution in [3.05, 3.63) is 57.2 Å². The Morgan fingerprint density at radius 1 is 1.23 bits per heavy atom. The van der Waals surface area contributed by atoms with Crippen LogP contribution in [0.1, 0.15) is 60.8 Å². The van der Waals surface area contributed by atoms with Gasteiger partial charge in [0.25, 0.3) is 11.5 Å². The number of aryl methyl sites for hydroxylation is 1. The van der Waals surface area contributed by atoms with Crippen molar-refractivity contribution >= 4 is 22.6 Å². The smallest absolute Gasteiger partial charge is 0.256 e. The van der Waals surface area contributed by atoms with E-state index in [0.29, 0.717) is 34.2 Å². The number of benzene rings is 1. The molecule has 0 saturated carbocycles. The van der Waals surface area contributed by atoms with Crippen LogP contribution in [0, 0.1) is 13.8 Å². The fourth-order valence-corrected chi connectivity index (χ4v) is 4.71. The molecule has 1 saturated heterocycles. The predicted octanol–water partition coefficient (Wildman–Crippen LogP) is 4.71. The molecule has 2 aromatic heterocycles. The lowest BCUT2D eigenvalue weighted by molar-refractivity contribution is 0.0846. The minimum Gasteiger partial charge on any atom is -0.496 e. The Balaban J connectivity index is 0.00000167. The van der Waals surface area contributed by atoms with Gasteiger partial charge >= 0.3 is 0 Å². The van der Waals surface area contributed by atoms with Crippen LogP contribution in [-0.2, 0) is 11.3 Å². The van der Waals surface area contributed by atoms with Crippen LogP contribution in [0.3, 0.4) is 0 Å². The molecule has 0 unspecified atom stereocenters. The van der Waals surface area contributed by atoms with Crippen molar-refractivity contribution in [2.24, 2.45) is 0 Å². The van der Waals surface area contributed by atoms with Gasteiger partial charge in [0.1, 0.15) is 11.3 Å². The number of carbonyl (C=O) groups excluding carboxylic acids is 1. The highest BCUT2D eigenvalue weighted by atomic mass is 16.5. The first-order valence-electron chi connectivity index (χ1n) is 12.3. The van der Waals surface area contributed by atoms with Crippen LogP contribution in [0.2, 0.25) is 0 Å². The van der Waals surface area contributed by atoms with E-state index in [2.05, 4.69) is 22.1 Å². The Bertz CT molecular complexity index is 1210. The SMILES string of the molecule is CC.CCN(c1cc2occc2c(C(=O)NCc2c(OC)cc(C)[nH]c2=O)c1C)C1CCOCC1. The van der Waals surface area contributed by atoms with Gasteiger partial charge in [-0.2, -0.15) is 0 Å². The number of nitrogens with one attached hydrogen (secondary N) is 2. The van der Waals surface area contributed by atoms with E-state index in [1.165, 1.54) is 7.11 Å². The number of hydrogen-bond donors (Lipinski definition) is 2. The van der Waals surface area contributed by atoms with Crippen LogP contribution in [0.5, 0.6) is 5.75 Å². The first kappa shape index (κ1) is 26.3. The number of nitrogens with zero attached hydrogens (tertiary/aromatic N) is 1. The zero-order valence-corrected chi connectivity index (χ0v) is 21.6. The van der Waals surface area contributed by atoms with Gasteiger partial charge in [0.2, 0.25) is 0 Å². The van der Waals surface area contributed by atoms with Gasteiger partial charge in [-0.25, -0.2) is 0 Å². The molecule has 1 aromatic carbocycles. The van der Waals surface area contributed by atoms with Crippen LogP contribution in [-0.4, -0.2) is 43.8 Å². The molecule has 0 atom stereocenters. The highest BCUT2D eigenvalue weighted by Gasteiger charge is 2.26. The number of aromatic nitrogens is 1. The van der Waals surface area contributed by atoms with Crippen LogP contribution in [0.4, 0.5) is 5.69 Å². The van der Waals surface area contributed by atoms with E-state index < -0.39 is 0 Å². The second kappa shape index (κ2) is 11.9. The summed E-state index contributed by atoms with van der Waals surface area (Å²) in [5, 5.41) is 3.67. The fourth-order valence-electron chi connectivity index (χ4n) is 4.71. The third kappa shape index (κ3) is 5.53. The summed E-state index contributed by atoms with van der Waals surface area (Å²) in [7, 11) is 1.51. The van der Waals surface area contributed by atoms with E-state index in [1.807, 2.05) is 32.9 Å². The van der Waals surface area contributed by atoms with E-state index in [0.717, 1.165) is 49.2 Å². The molecule has 0 radical (unpaired) electrons. The van der Waals surface area contributed by atoms with Gasteiger partial charge in [0, 0.05) is 48.6 Å². The lowest BCUT2D eigenvalue weighted by Crippen LogP contribution is -2.40. The second-order valence-corrected chi connectivity index (χ2v) is 8.37. The molecule has 3 aromatic rings. The molecule has 4 rings (SSSR count). The molecule has 1 aliphatic heterocycles. The summed E-state index contributed by atoms with van der Waals surface area (Å²) in [5.74, 6) is 0.193. The van der Waals surface area contributed by atoms with Crippen molar-refractivity contribution in [3.8, 4) is 5.75 Å². The summed E-state index contributed by atoms with van der Waals surface area (Å²) in [4.78, 5) is 31.0. The topological polar surface area (TPSA) is 96.8 Å². The van der Waals surface area contributed by atoms with Crippen molar-refractivity contribution in [3.63, 3.8) is 0 Å². The number of ether oxygens (including phenoxy) is 2. The quantitative estimate of drug-likeness (QED) is 0.505. The highest BCUT2D eigenvalue weighted by Crippen LogP contribution is 2.34. The number of aromatic amines is 1. The number of fused-ring (bicyclic) bond motifs is 1. The lowest BCUT2D eigenvalue weighted by atomic mass is 9.98. The van der Waals surface area contributed by atoms with E-state index in [4.69, 9.17) is 13.9 Å². The number of rotatable bonds is 7. The number of hydrogen-bond acceptors (Lipinski definition) is 6. The number of amides is 1. The summed E-state index contributed by atoms with van der Waals surface area (Å²) in [6, 6.07) is 5.93. The van der Waals surface area contributed by atoms with Crippen LogP contribution in [0.15, 0.2) is 33.7 Å². The maximum atomic E-state index is 13.4. The number of furan rings is 1. The molecule has 0 bridgehead atoms. The molecule has 8 heteroatoms. The third-order valence-corrected chi connectivity index (χ3v) is 6.38. The van der Waals surface area contributed by atoms with Gasteiger partial charge in [-0.05, 0) is 51.3 Å². The molecule has 2 N–H and O–H groups in total. The normalized spacial score (nSPS) is 13.8. The summed E-state index contributed by atoms with van der Waals surface area (Å²) >= 11 is 0. The third-order valence-electron chi connectivity index (χ3n) is 6.38. The number of methoxy groups -OCH3 is 1. The minimum absolute atomic E-state index is 0.0537. The van der Waals surface area contributed by atoms with Gasteiger partial charge in [0.15, 0.2) is 0 Å². The van der Waals surface area contributed by atoms with Crippen molar-refractivity contribution in [2.45, 2.75) is 60.0 Å².